The summed E-state index contributed by atoms with van der Waals surface area (Å²) < 4.78 is 25.9. The number of nitro benzene ring substituents is 1. The first-order valence-corrected chi connectivity index (χ1v) is 8.12. The molecule has 0 aliphatic heterocycles. The summed E-state index contributed by atoms with van der Waals surface area (Å²) in [6, 6.07) is 2.09. The molecular formula is C12H16ClN3O5S. The van der Waals surface area contributed by atoms with Gasteiger partial charge in [0.05, 0.1) is 21.4 Å². The third kappa shape index (κ3) is 3.73. The number of nitrogens with one attached hydrogen (secondary N) is 1. The van der Waals surface area contributed by atoms with E-state index in [1.165, 1.54) is 14.0 Å². The summed E-state index contributed by atoms with van der Waals surface area (Å²) in [5.41, 5.74) is -0.206. The van der Waals surface area contributed by atoms with Gasteiger partial charge in [0.25, 0.3) is 5.69 Å². The van der Waals surface area contributed by atoms with E-state index in [9.17, 15) is 23.3 Å². The van der Waals surface area contributed by atoms with Crippen LogP contribution in [0.2, 0.25) is 5.02 Å². The molecule has 0 radical (unpaired) electrons. The predicted molar refractivity (Wildman–Crippen MR) is 81.3 cm³/mol. The number of nitro groups is 1. The second-order valence-corrected chi connectivity index (χ2v) is 6.76. The molecule has 0 saturated carbocycles. The van der Waals surface area contributed by atoms with Crippen LogP contribution in [0.15, 0.2) is 17.0 Å². The molecule has 0 atom stereocenters. The number of sulfonamides is 1. The molecule has 0 fully saturated rings. The number of hydrogen-bond acceptors (Lipinski definition) is 5. The number of hydrogen-bond donors (Lipinski definition) is 1. The van der Waals surface area contributed by atoms with Crippen molar-refractivity contribution in [2.75, 3.05) is 20.1 Å². The molecule has 8 nitrogen and oxygen atoms in total. The van der Waals surface area contributed by atoms with Crippen LogP contribution in [-0.2, 0) is 14.8 Å². The van der Waals surface area contributed by atoms with E-state index in [4.69, 9.17) is 11.6 Å². The molecule has 0 aliphatic carbocycles. The van der Waals surface area contributed by atoms with E-state index >= 15 is 0 Å². The molecule has 0 spiro atoms. The SMILES string of the molecule is CCN(CC(=O)NC)S(=O)(=O)c1cc(Cl)c(C)c([N+](=O)[O-])c1. The number of carbonyl (C=O) groups excluding carboxylic acids is 1. The lowest BCUT2D eigenvalue weighted by atomic mass is 10.2. The quantitative estimate of drug-likeness (QED) is 0.615. The summed E-state index contributed by atoms with van der Waals surface area (Å²) in [4.78, 5) is 21.4. The van der Waals surface area contributed by atoms with E-state index in [0.717, 1.165) is 16.4 Å². The highest BCUT2D eigenvalue weighted by Gasteiger charge is 2.28. The minimum atomic E-state index is -4.07. The van der Waals surface area contributed by atoms with Crippen LogP contribution in [0.3, 0.4) is 0 Å². The Bertz CT molecular complexity index is 705. The standard InChI is InChI=1S/C12H16ClN3O5S/c1-4-15(7-12(17)14-3)22(20,21)9-5-10(13)8(2)11(6-9)16(18)19/h5-6H,4,7H2,1-3H3,(H,14,17). The van der Waals surface area contributed by atoms with Crippen molar-refractivity contribution >= 4 is 33.2 Å². The number of likely N-dealkylation sites (N-methyl/N-ethyl adjacent to an activating group) is 2. The zero-order valence-electron chi connectivity index (χ0n) is 12.3. The van der Waals surface area contributed by atoms with Gasteiger partial charge >= 0.3 is 0 Å². The van der Waals surface area contributed by atoms with E-state index in [-0.39, 0.29) is 34.3 Å². The lowest BCUT2D eigenvalue weighted by Crippen LogP contribution is -2.39. The molecular weight excluding hydrogens is 334 g/mol. The van der Waals surface area contributed by atoms with Gasteiger partial charge in [-0.25, -0.2) is 8.42 Å². The monoisotopic (exact) mass is 349 g/mol. The van der Waals surface area contributed by atoms with Gasteiger partial charge in [-0.1, -0.05) is 18.5 Å². The number of rotatable bonds is 6. The summed E-state index contributed by atoms with van der Waals surface area (Å²) >= 11 is 5.88. The van der Waals surface area contributed by atoms with Gasteiger partial charge < -0.3 is 5.32 Å². The smallest absolute Gasteiger partial charge is 0.275 e. The average molecular weight is 350 g/mol. The maximum absolute atomic E-state index is 12.5. The first kappa shape index (κ1) is 18.3. The molecule has 1 N–H and O–H groups in total. The highest BCUT2D eigenvalue weighted by Crippen LogP contribution is 2.30. The zero-order valence-corrected chi connectivity index (χ0v) is 13.9. The van der Waals surface area contributed by atoms with Gasteiger partial charge in [-0.05, 0) is 13.0 Å². The fourth-order valence-corrected chi connectivity index (χ4v) is 3.47. The zero-order chi connectivity index (χ0) is 17.1. The van der Waals surface area contributed by atoms with Crippen LogP contribution in [0.5, 0.6) is 0 Å². The van der Waals surface area contributed by atoms with E-state index < -0.39 is 20.9 Å². The molecule has 0 bridgehead atoms. The van der Waals surface area contributed by atoms with Crippen molar-refractivity contribution in [3.63, 3.8) is 0 Å². The molecule has 0 aliphatic rings. The molecule has 1 rings (SSSR count). The van der Waals surface area contributed by atoms with Crippen molar-refractivity contribution in [1.29, 1.82) is 0 Å². The summed E-state index contributed by atoms with van der Waals surface area (Å²) in [5.74, 6) is -0.488. The van der Waals surface area contributed by atoms with Gasteiger partial charge in [-0.3, -0.25) is 14.9 Å². The van der Waals surface area contributed by atoms with Gasteiger partial charge in [0, 0.05) is 25.2 Å². The Kier molecular flexibility index (Phi) is 5.86. The van der Waals surface area contributed by atoms with Crippen LogP contribution in [-0.4, -0.2) is 43.7 Å². The summed E-state index contributed by atoms with van der Waals surface area (Å²) in [5, 5.41) is 13.3. The van der Waals surface area contributed by atoms with Gasteiger partial charge in [-0.2, -0.15) is 4.31 Å². The van der Waals surface area contributed by atoms with Crippen molar-refractivity contribution in [2.24, 2.45) is 0 Å². The Labute approximate surface area is 133 Å². The molecule has 0 saturated heterocycles. The highest BCUT2D eigenvalue weighted by molar-refractivity contribution is 7.89. The summed E-state index contributed by atoms with van der Waals surface area (Å²) in [6.07, 6.45) is 0. The molecule has 1 aromatic carbocycles. The van der Waals surface area contributed by atoms with Crippen LogP contribution in [0.25, 0.3) is 0 Å². The summed E-state index contributed by atoms with van der Waals surface area (Å²) in [7, 11) is -2.68. The Morgan fingerprint density at radius 1 is 1.45 bits per heavy atom. The van der Waals surface area contributed by atoms with Crippen LogP contribution in [0, 0.1) is 17.0 Å². The largest absolute Gasteiger partial charge is 0.358 e. The van der Waals surface area contributed by atoms with Crippen LogP contribution < -0.4 is 5.32 Å². The molecule has 22 heavy (non-hydrogen) atoms. The molecule has 122 valence electrons. The number of amides is 1. The molecule has 0 heterocycles. The lowest BCUT2D eigenvalue weighted by Gasteiger charge is -2.19. The Morgan fingerprint density at radius 2 is 2.05 bits per heavy atom. The normalized spacial score (nSPS) is 11.5. The maximum atomic E-state index is 12.5. The maximum Gasteiger partial charge on any atom is 0.275 e. The van der Waals surface area contributed by atoms with Crippen molar-refractivity contribution in [3.8, 4) is 0 Å². The number of nitrogens with zero attached hydrogens (tertiary/aromatic N) is 2. The van der Waals surface area contributed by atoms with Crippen LogP contribution >= 0.6 is 11.6 Å². The Hall–Kier alpha value is -1.71. The Morgan fingerprint density at radius 3 is 2.50 bits per heavy atom. The van der Waals surface area contributed by atoms with E-state index in [1.54, 1.807) is 6.92 Å². The lowest BCUT2D eigenvalue weighted by molar-refractivity contribution is -0.385. The summed E-state index contributed by atoms with van der Waals surface area (Å²) in [6.45, 7) is 2.65. The number of halogens is 1. The first-order chi connectivity index (χ1) is 10.1. The van der Waals surface area contributed by atoms with Gasteiger partial charge in [-0.15, -0.1) is 0 Å². The molecule has 1 amide bonds. The second kappa shape index (κ2) is 7.03. The van der Waals surface area contributed by atoms with Crippen molar-refractivity contribution in [2.45, 2.75) is 18.7 Å². The van der Waals surface area contributed by atoms with Crippen molar-refractivity contribution < 1.29 is 18.1 Å². The number of benzene rings is 1. The van der Waals surface area contributed by atoms with E-state index in [2.05, 4.69) is 5.32 Å². The molecule has 10 heteroatoms. The van der Waals surface area contributed by atoms with E-state index in [1.807, 2.05) is 0 Å². The topological polar surface area (TPSA) is 110 Å². The molecule has 0 aromatic heterocycles. The second-order valence-electron chi connectivity index (χ2n) is 4.41. The van der Waals surface area contributed by atoms with Gasteiger partial charge in [0.15, 0.2) is 0 Å². The Balaban J connectivity index is 3.38. The fraction of sp³-hybridized carbons (Fsp3) is 0.417. The minimum Gasteiger partial charge on any atom is -0.358 e. The van der Waals surface area contributed by atoms with Crippen molar-refractivity contribution in [3.05, 3.63) is 32.8 Å². The predicted octanol–water partition coefficient (Wildman–Crippen LogP) is 1.31. The molecule has 0 unspecified atom stereocenters. The van der Waals surface area contributed by atoms with Crippen LogP contribution in [0.4, 0.5) is 5.69 Å². The van der Waals surface area contributed by atoms with Crippen molar-refractivity contribution in [1.82, 2.24) is 9.62 Å². The van der Waals surface area contributed by atoms with Crippen LogP contribution in [0.1, 0.15) is 12.5 Å². The highest BCUT2D eigenvalue weighted by atomic mass is 35.5. The average Bonchev–Trinajstić information content (AvgIpc) is 2.46. The third-order valence-electron chi connectivity index (χ3n) is 3.08. The van der Waals surface area contributed by atoms with Gasteiger partial charge in [0.1, 0.15) is 0 Å². The minimum absolute atomic E-state index is 0.0243. The van der Waals surface area contributed by atoms with Gasteiger partial charge in [0.2, 0.25) is 15.9 Å². The molecule has 1 aromatic rings. The fourth-order valence-electron chi connectivity index (χ4n) is 1.73. The third-order valence-corrected chi connectivity index (χ3v) is 5.37. The first-order valence-electron chi connectivity index (χ1n) is 6.30. The number of carbonyl (C=O) groups is 1. The van der Waals surface area contributed by atoms with E-state index in [0.29, 0.717) is 0 Å².